The molecule has 0 unspecified atom stereocenters. The summed E-state index contributed by atoms with van der Waals surface area (Å²) in [6, 6.07) is 5.32. The summed E-state index contributed by atoms with van der Waals surface area (Å²) in [5.41, 5.74) is 7.45. The number of anilines is 1. The second-order valence-corrected chi connectivity index (χ2v) is 3.84. The van der Waals surface area contributed by atoms with E-state index in [-0.39, 0.29) is 0 Å². The fourth-order valence-electron chi connectivity index (χ4n) is 2.03. The predicted octanol–water partition coefficient (Wildman–Crippen LogP) is 1.44. The Balaban J connectivity index is 2.24. The standard InChI is InChI=1S/C11H16N2O/c12-9-1-2-11(14)10(7-9)8-3-5-13-6-4-8/h1-2,7-8,13-14H,3-6,12H2. The molecule has 1 fully saturated rings. The van der Waals surface area contributed by atoms with Crippen LogP contribution in [0.15, 0.2) is 18.2 Å². The topological polar surface area (TPSA) is 58.3 Å². The molecule has 1 aromatic rings. The molecule has 0 saturated carbocycles. The highest BCUT2D eigenvalue weighted by molar-refractivity contribution is 5.48. The van der Waals surface area contributed by atoms with E-state index in [0.717, 1.165) is 37.2 Å². The number of benzene rings is 1. The van der Waals surface area contributed by atoms with Crippen LogP contribution in [-0.2, 0) is 0 Å². The van der Waals surface area contributed by atoms with Gasteiger partial charge in [0.15, 0.2) is 0 Å². The van der Waals surface area contributed by atoms with Gasteiger partial charge in [-0.2, -0.15) is 0 Å². The molecule has 0 spiro atoms. The lowest BCUT2D eigenvalue weighted by molar-refractivity contribution is 0.424. The Morgan fingerprint density at radius 2 is 2.00 bits per heavy atom. The van der Waals surface area contributed by atoms with E-state index in [1.165, 1.54) is 0 Å². The van der Waals surface area contributed by atoms with Crippen LogP contribution in [-0.4, -0.2) is 18.2 Å². The number of nitrogens with one attached hydrogen (secondary N) is 1. The highest BCUT2D eigenvalue weighted by Gasteiger charge is 2.18. The van der Waals surface area contributed by atoms with E-state index >= 15 is 0 Å². The Morgan fingerprint density at radius 3 is 2.71 bits per heavy atom. The summed E-state index contributed by atoms with van der Waals surface area (Å²) in [6.07, 6.45) is 2.16. The van der Waals surface area contributed by atoms with Crippen molar-refractivity contribution in [3.8, 4) is 5.75 Å². The van der Waals surface area contributed by atoms with E-state index in [0.29, 0.717) is 11.7 Å². The molecule has 4 N–H and O–H groups in total. The first-order valence-electron chi connectivity index (χ1n) is 5.06. The zero-order valence-electron chi connectivity index (χ0n) is 8.16. The molecule has 0 atom stereocenters. The Hall–Kier alpha value is -1.22. The van der Waals surface area contributed by atoms with Crippen LogP contribution in [0.2, 0.25) is 0 Å². The van der Waals surface area contributed by atoms with Crippen molar-refractivity contribution in [1.82, 2.24) is 5.32 Å². The molecular formula is C11H16N2O. The molecular weight excluding hydrogens is 176 g/mol. The summed E-state index contributed by atoms with van der Waals surface area (Å²) >= 11 is 0. The molecule has 0 aliphatic carbocycles. The summed E-state index contributed by atoms with van der Waals surface area (Å²) in [7, 11) is 0. The minimum absolute atomic E-state index is 0.381. The number of aromatic hydroxyl groups is 1. The second-order valence-electron chi connectivity index (χ2n) is 3.84. The van der Waals surface area contributed by atoms with E-state index in [9.17, 15) is 5.11 Å². The largest absolute Gasteiger partial charge is 0.508 e. The van der Waals surface area contributed by atoms with Gasteiger partial charge >= 0.3 is 0 Å². The molecule has 1 aliphatic rings. The quantitative estimate of drug-likeness (QED) is 0.466. The lowest BCUT2D eigenvalue weighted by Gasteiger charge is -2.23. The Labute approximate surface area is 83.9 Å². The molecule has 0 radical (unpaired) electrons. The molecule has 76 valence electrons. The maximum Gasteiger partial charge on any atom is 0.119 e. The van der Waals surface area contributed by atoms with E-state index in [1.807, 2.05) is 6.07 Å². The Bertz CT molecular complexity index is 319. The van der Waals surface area contributed by atoms with Crippen LogP contribution in [0.3, 0.4) is 0 Å². The first-order valence-corrected chi connectivity index (χ1v) is 5.06. The van der Waals surface area contributed by atoms with Crippen molar-refractivity contribution >= 4 is 5.69 Å². The van der Waals surface area contributed by atoms with Crippen LogP contribution >= 0.6 is 0 Å². The van der Waals surface area contributed by atoms with E-state index < -0.39 is 0 Å². The summed E-state index contributed by atoms with van der Waals surface area (Å²) in [6.45, 7) is 2.05. The summed E-state index contributed by atoms with van der Waals surface area (Å²) in [5, 5.41) is 13.0. The molecule has 14 heavy (non-hydrogen) atoms. The molecule has 0 bridgehead atoms. The molecule has 3 nitrogen and oxygen atoms in total. The molecule has 0 amide bonds. The monoisotopic (exact) mass is 192 g/mol. The maximum absolute atomic E-state index is 9.71. The normalized spacial score (nSPS) is 18.3. The number of nitrogens with two attached hydrogens (primary N) is 1. The van der Waals surface area contributed by atoms with Crippen LogP contribution in [0.25, 0.3) is 0 Å². The van der Waals surface area contributed by atoms with E-state index in [1.54, 1.807) is 12.1 Å². The van der Waals surface area contributed by atoms with Gasteiger partial charge in [0.05, 0.1) is 0 Å². The number of nitrogen functional groups attached to an aromatic ring is 1. The van der Waals surface area contributed by atoms with Crippen molar-refractivity contribution in [3.63, 3.8) is 0 Å². The van der Waals surface area contributed by atoms with Gasteiger partial charge < -0.3 is 16.2 Å². The minimum atomic E-state index is 0.381. The summed E-state index contributed by atoms with van der Waals surface area (Å²) in [5.74, 6) is 0.839. The predicted molar refractivity (Wildman–Crippen MR) is 57.4 cm³/mol. The first kappa shape index (κ1) is 9.34. The van der Waals surface area contributed by atoms with Crippen molar-refractivity contribution in [2.45, 2.75) is 18.8 Å². The molecule has 1 aliphatic heterocycles. The molecule has 0 aromatic heterocycles. The lowest BCUT2D eigenvalue weighted by atomic mass is 9.89. The van der Waals surface area contributed by atoms with Crippen molar-refractivity contribution in [1.29, 1.82) is 0 Å². The molecule has 1 aromatic carbocycles. The second kappa shape index (κ2) is 3.88. The van der Waals surface area contributed by atoms with Gasteiger partial charge in [0, 0.05) is 5.69 Å². The van der Waals surface area contributed by atoms with Crippen LogP contribution in [0.5, 0.6) is 5.75 Å². The molecule has 3 heteroatoms. The van der Waals surface area contributed by atoms with Gasteiger partial charge in [0.25, 0.3) is 0 Å². The third-order valence-electron chi connectivity index (χ3n) is 2.83. The Kier molecular flexibility index (Phi) is 2.59. The zero-order valence-corrected chi connectivity index (χ0v) is 8.16. The van der Waals surface area contributed by atoms with E-state index in [4.69, 9.17) is 5.73 Å². The molecule has 1 saturated heterocycles. The average molecular weight is 192 g/mol. The van der Waals surface area contributed by atoms with Crippen molar-refractivity contribution in [3.05, 3.63) is 23.8 Å². The number of phenolic OH excluding ortho intramolecular Hbond substituents is 1. The van der Waals surface area contributed by atoms with Gasteiger partial charge in [-0.25, -0.2) is 0 Å². The first-order chi connectivity index (χ1) is 6.77. The van der Waals surface area contributed by atoms with Gasteiger partial charge in [0.2, 0.25) is 0 Å². The van der Waals surface area contributed by atoms with Crippen molar-refractivity contribution < 1.29 is 5.11 Å². The highest BCUT2D eigenvalue weighted by atomic mass is 16.3. The fourth-order valence-corrected chi connectivity index (χ4v) is 2.03. The lowest BCUT2D eigenvalue weighted by Crippen LogP contribution is -2.26. The zero-order chi connectivity index (χ0) is 9.97. The number of hydrogen-bond donors (Lipinski definition) is 3. The number of phenols is 1. The summed E-state index contributed by atoms with van der Waals surface area (Å²) < 4.78 is 0. The average Bonchev–Trinajstić information content (AvgIpc) is 2.23. The van der Waals surface area contributed by atoms with Crippen LogP contribution in [0.4, 0.5) is 5.69 Å². The van der Waals surface area contributed by atoms with Crippen molar-refractivity contribution in [2.24, 2.45) is 0 Å². The van der Waals surface area contributed by atoms with Crippen molar-refractivity contribution in [2.75, 3.05) is 18.8 Å². The maximum atomic E-state index is 9.71. The number of piperidine rings is 1. The summed E-state index contributed by atoms with van der Waals surface area (Å²) in [4.78, 5) is 0. The van der Waals surface area contributed by atoms with E-state index in [2.05, 4.69) is 5.32 Å². The van der Waals surface area contributed by atoms with Crippen LogP contribution < -0.4 is 11.1 Å². The SMILES string of the molecule is Nc1ccc(O)c(C2CCNCC2)c1. The smallest absolute Gasteiger partial charge is 0.119 e. The molecule has 2 rings (SSSR count). The Morgan fingerprint density at radius 1 is 1.29 bits per heavy atom. The van der Waals surface area contributed by atoms with Gasteiger partial charge in [-0.05, 0) is 55.6 Å². The van der Waals surface area contributed by atoms with Gasteiger partial charge in [-0.1, -0.05) is 0 Å². The van der Waals surface area contributed by atoms with Crippen LogP contribution in [0.1, 0.15) is 24.3 Å². The minimum Gasteiger partial charge on any atom is -0.508 e. The molecule has 1 heterocycles. The number of rotatable bonds is 1. The van der Waals surface area contributed by atoms with Gasteiger partial charge in [-0.15, -0.1) is 0 Å². The third kappa shape index (κ3) is 1.82. The number of hydrogen-bond acceptors (Lipinski definition) is 3. The van der Waals surface area contributed by atoms with Crippen LogP contribution in [0, 0.1) is 0 Å². The van der Waals surface area contributed by atoms with Gasteiger partial charge in [-0.3, -0.25) is 0 Å². The third-order valence-corrected chi connectivity index (χ3v) is 2.83. The van der Waals surface area contributed by atoms with Gasteiger partial charge in [0.1, 0.15) is 5.75 Å². The fraction of sp³-hybridized carbons (Fsp3) is 0.455. The highest BCUT2D eigenvalue weighted by Crippen LogP contribution is 2.33.